The zero-order valence-corrected chi connectivity index (χ0v) is 17.8. The second-order valence-electron chi connectivity index (χ2n) is 8.69. The molecule has 0 saturated heterocycles. The average molecular weight is 395 g/mol. The molecule has 6 heteroatoms. The molecule has 0 bridgehead atoms. The van der Waals surface area contributed by atoms with E-state index in [-0.39, 0.29) is 5.91 Å². The van der Waals surface area contributed by atoms with Crippen LogP contribution < -0.4 is 0 Å². The number of pyridine rings is 1. The third kappa shape index (κ3) is 4.36. The van der Waals surface area contributed by atoms with Crippen molar-refractivity contribution in [2.45, 2.75) is 60.0 Å². The number of carbonyl (C=O) groups excluding carboxylic acids is 1. The van der Waals surface area contributed by atoms with Crippen molar-refractivity contribution in [1.29, 1.82) is 0 Å². The summed E-state index contributed by atoms with van der Waals surface area (Å²) in [6.07, 6.45) is 5.26. The fourth-order valence-electron chi connectivity index (χ4n) is 3.55. The lowest BCUT2D eigenvalue weighted by Crippen LogP contribution is -2.33. The van der Waals surface area contributed by atoms with Crippen LogP contribution in [0.1, 0.15) is 60.8 Å². The minimum Gasteiger partial charge on any atom is -0.456 e. The van der Waals surface area contributed by atoms with Gasteiger partial charge in [-0.05, 0) is 68.7 Å². The van der Waals surface area contributed by atoms with Crippen LogP contribution in [0.3, 0.4) is 0 Å². The zero-order valence-electron chi connectivity index (χ0n) is 17.8. The number of furan rings is 1. The van der Waals surface area contributed by atoms with Crippen molar-refractivity contribution in [3.05, 3.63) is 47.3 Å². The molecule has 0 aromatic carbocycles. The molecule has 0 N–H and O–H groups in total. The summed E-state index contributed by atoms with van der Waals surface area (Å²) in [6.45, 7) is 10.3. The molecule has 1 fully saturated rings. The Morgan fingerprint density at radius 2 is 2.14 bits per heavy atom. The molecule has 0 radical (unpaired) electrons. The zero-order chi connectivity index (χ0) is 20.5. The minimum absolute atomic E-state index is 0.0696. The summed E-state index contributed by atoms with van der Waals surface area (Å²) < 4.78 is 7.94. The van der Waals surface area contributed by atoms with Gasteiger partial charge in [0.25, 0.3) is 5.91 Å². The Bertz CT molecular complexity index is 994. The number of hydrogen-bond acceptors (Lipinski definition) is 4. The van der Waals surface area contributed by atoms with Crippen molar-refractivity contribution in [2.24, 2.45) is 11.8 Å². The fraction of sp³-hybridized carbons (Fsp3) is 0.522. The van der Waals surface area contributed by atoms with Gasteiger partial charge in [0.1, 0.15) is 17.1 Å². The Balaban J connectivity index is 1.65. The van der Waals surface area contributed by atoms with Crippen molar-refractivity contribution in [3.8, 4) is 0 Å². The number of hydrogen-bond donors (Lipinski definition) is 0. The highest BCUT2D eigenvalue weighted by molar-refractivity contribution is 5.91. The van der Waals surface area contributed by atoms with Crippen LogP contribution in [0.2, 0.25) is 0 Å². The Morgan fingerprint density at radius 1 is 1.34 bits per heavy atom. The highest BCUT2D eigenvalue weighted by Crippen LogP contribution is 2.32. The van der Waals surface area contributed by atoms with E-state index in [0.717, 1.165) is 41.3 Å². The lowest BCUT2D eigenvalue weighted by molar-refractivity contribution is 0.0695. The van der Waals surface area contributed by atoms with E-state index in [1.54, 1.807) is 0 Å². The van der Waals surface area contributed by atoms with Gasteiger partial charge in [0.15, 0.2) is 11.4 Å². The second kappa shape index (κ2) is 8.01. The van der Waals surface area contributed by atoms with E-state index in [1.807, 2.05) is 43.1 Å². The number of rotatable bonds is 8. The van der Waals surface area contributed by atoms with Crippen LogP contribution in [0.5, 0.6) is 0 Å². The topological polar surface area (TPSA) is 64.2 Å². The molecular formula is C23H30N4O2. The highest BCUT2D eigenvalue weighted by Gasteiger charge is 2.27. The smallest absolute Gasteiger partial charge is 0.289 e. The van der Waals surface area contributed by atoms with Crippen LogP contribution in [0, 0.1) is 25.7 Å². The van der Waals surface area contributed by atoms with Crippen LogP contribution in [0.4, 0.5) is 0 Å². The maximum absolute atomic E-state index is 13.3. The molecule has 3 aromatic rings. The Hall–Kier alpha value is -2.63. The molecule has 1 amide bonds. The number of aryl methyl sites for hydroxylation is 2. The van der Waals surface area contributed by atoms with Gasteiger partial charge in [0.2, 0.25) is 0 Å². The monoisotopic (exact) mass is 394 g/mol. The first kappa shape index (κ1) is 19.7. The van der Waals surface area contributed by atoms with Crippen LogP contribution in [0.15, 0.2) is 28.8 Å². The summed E-state index contributed by atoms with van der Waals surface area (Å²) in [6, 6.07) is 5.75. The van der Waals surface area contributed by atoms with E-state index in [9.17, 15) is 4.79 Å². The van der Waals surface area contributed by atoms with E-state index < -0.39 is 0 Å². The molecule has 1 aliphatic rings. The predicted molar refractivity (Wildman–Crippen MR) is 113 cm³/mol. The Morgan fingerprint density at radius 3 is 2.79 bits per heavy atom. The summed E-state index contributed by atoms with van der Waals surface area (Å²) in [5, 5.41) is 0. The van der Waals surface area contributed by atoms with Crippen LogP contribution >= 0.6 is 0 Å². The van der Waals surface area contributed by atoms with Gasteiger partial charge in [-0.2, -0.15) is 0 Å². The molecular weight excluding hydrogens is 364 g/mol. The molecule has 0 aliphatic heterocycles. The first-order valence-electron chi connectivity index (χ1n) is 10.6. The third-order valence-corrected chi connectivity index (χ3v) is 5.69. The van der Waals surface area contributed by atoms with Gasteiger partial charge in [-0.15, -0.1) is 0 Å². The van der Waals surface area contributed by atoms with Crippen LogP contribution in [-0.2, 0) is 13.1 Å². The van der Waals surface area contributed by atoms with Crippen LogP contribution in [0.25, 0.3) is 11.2 Å². The van der Waals surface area contributed by atoms with Gasteiger partial charge in [0.05, 0.1) is 6.54 Å². The van der Waals surface area contributed by atoms with Gasteiger partial charge in [0, 0.05) is 19.3 Å². The lowest BCUT2D eigenvalue weighted by Gasteiger charge is -2.23. The predicted octanol–water partition coefficient (Wildman–Crippen LogP) is 4.74. The summed E-state index contributed by atoms with van der Waals surface area (Å²) >= 11 is 0. The van der Waals surface area contributed by atoms with Gasteiger partial charge in [-0.1, -0.05) is 13.8 Å². The first-order chi connectivity index (χ1) is 13.9. The molecule has 154 valence electrons. The van der Waals surface area contributed by atoms with Crippen molar-refractivity contribution in [2.75, 3.05) is 6.54 Å². The molecule has 3 heterocycles. The number of fused-ring (bicyclic) bond motifs is 1. The SMILES string of the molecule is Cc1cc(C(=O)N(CCC(C)C)Cc2nc3cccnc3n2CC2CC2)oc1C. The third-order valence-electron chi connectivity index (χ3n) is 5.69. The Labute approximate surface area is 171 Å². The summed E-state index contributed by atoms with van der Waals surface area (Å²) in [4.78, 5) is 24.5. The fourth-order valence-corrected chi connectivity index (χ4v) is 3.55. The summed E-state index contributed by atoms with van der Waals surface area (Å²) in [5.74, 6) is 3.25. The van der Waals surface area contributed by atoms with E-state index in [1.165, 1.54) is 12.8 Å². The number of aromatic nitrogens is 3. The van der Waals surface area contributed by atoms with E-state index in [4.69, 9.17) is 9.40 Å². The highest BCUT2D eigenvalue weighted by atomic mass is 16.4. The summed E-state index contributed by atoms with van der Waals surface area (Å²) in [5.41, 5.74) is 2.81. The number of amides is 1. The lowest BCUT2D eigenvalue weighted by atomic mass is 10.1. The van der Waals surface area contributed by atoms with Crippen molar-refractivity contribution in [1.82, 2.24) is 19.4 Å². The van der Waals surface area contributed by atoms with Gasteiger partial charge in [-0.25, -0.2) is 9.97 Å². The van der Waals surface area contributed by atoms with E-state index in [2.05, 4.69) is 23.4 Å². The molecule has 29 heavy (non-hydrogen) atoms. The van der Waals surface area contributed by atoms with Crippen molar-refractivity contribution >= 4 is 17.1 Å². The largest absolute Gasteiger partial charge is 0.456 e. The molecule has 6 nitrogen and oxygen atoms in total. The van der Waals surface area contributed by atoms with Gasteiger partial charge in [-0.3, -0.25) is 4.79 Å². The molecule has 1 saturated carbocycles. The minimum atomic E-state index is -0.0696. The average Bonchev–Trinajstić information content (AvgIpc) is 3.36. The number of imidazole rings is 1. The maximum Gasteiger partial charge on any atom is 0.289 e. The molecule has 1 aliphatic carbocycles. The molecule has 0 spiro atoms. The standard InChI is InChI=1S/C23H30N4O2/c1-15(2)9-11-26(23(28)20-12-16(3)17(4)29-20)14-21-25-19-6-5-10-24-22(19)27(21)13-18-7-8-18/h5-6,10,12,15,18H,7-9,11,13-14H2,1-4H3. The second-order valence-corrected chi connectivity index (χ2v) is 8.69. The van der Waals surface area contributed by atoms with E-state index >= 15 is 0 Å². The molecule has 4 rings (SSSR count). The first-order valence-corrected chi connectivity index (χ1v) is 10.6. The summed E-state index contributed by atoms with van der Waals surface area (Å²) in [7, 11) is 0. The Kier molecular flexibility index (Phi) is 5.43. The van der Waals surface area contributed by atoms with E-state index in [0.29, 0.717) is 30.7 Å². The van der Waals surface area contributed by atoms with Gasteiger partial charge < -0.3 is 13.9 Å². The quantitative estimate of drug-likeness (QED) is 0.553. The molecule has 3 aromatic heterocycles. The molecule has 0 unspecified atom stereocenters. The van der Waals surface area contributed by atoms with Gasteiger partial charge >= 0.3 is 0 Å². The van der Waals surface area contributed by atoms with Crippen LogP contribution in [-0.4, -0.2) is 31.9 Å². The molecule has 0 atom stereocenters. The normalized spacial score (nSPS) is 14.1. The van der Waals surface area contributed by atoms with Crippen molar-refractivity contribution in [3.63, 3.8) is 0 Å². The van der Waals surface area contributed by atoms with Crippen molar-refractivity contribution < 1.29 is 9.21 Å². The maximum atomic E-state index is 13.3. The number of carbonyl (C=O) groups is 1. The number of nitrogens with zero attached hydrogens (tertiary/aromatic N) is 4.